The van der Waals surface area contributed by atoms with Gasteiger partial charge in [0.1, 0.15) is 0 Å². The molecule has 5 nitrogen and oxygen atoms in total. The summed E-state index contributed by atoms with van der Waals surface area (Å²) in [6.45, 7) is 8.78. The first-order valence-corrected chi connectivity index (χ1v) is 6.56. The van der Waals surface area contributed by atoms with Crippen LogP contribution in [0.5, 0.6) is 0 Å². The summed E-state index contributed by atoms with van der Waals surface area (Å²) in [5, 5.41) is 0. The number of aliphatic imine (C=N–C) groups is 1. The number of hydrogen-bond donors (Lipinski definition) is 2. The maximum Gasteiger partial charge on any atom is 0.185 e. The Morgan fingerprint density at radius 3 is 2.29 bits per heavy atom. The standard InChI is InChI=1S/C12H26N4O/c1-3-10(4-2)11(9-15-12(13)14)16-5-7-17-8-6-16/h10-11H,3-9H2,1-2H3,(H4,13,14,15). The van der Waals surface area contributed by atoms with E-state index < -0.39 is 0 Å². The van der Waals surface area contributed by atoms with E-state index >= 15 is 0 Å². The molecule has 0 spiro atoms. The summed E-state index contributed by atoms with van der Waals surface area (Å²) in [5.41, 5.74) is 10.9. The van der Waals surface area contributed by atoms with E-state index in [9.17, 15) is 0 Å². The van der Waals surface area contributed by atoms with Gasteiger partial charge in [0, 0.05) is 19.1 Å². The molecule has 0 aliphatic carbocycles. The van der Waals surface area contributed by atoms with Crippen molar-refractivity contribution in [1.29, 1.82) is 0 Å². The highest BCUT2D eigenvalue weighted by Crippen LogP contribution is 2.20. The van der Waals surface area contributed by atoms with Crippen molar-refractivity contribution in [2.24, 2.45) is 22.4 Å². The van der Waals surface area contributed by atoms with E-state index in [0.717, 1.165) is 26.3 Å². The second-order valence-corrected chi connectivity index (χ2v) is 4.56. The molecule has 100 valence electrons. The first kappa shape index (κ1) is 14.3. The van der Waals surface area contributed by atoms with Crippen LogP contribution in [0.25, 0.3) is 0 Å². The van der Waals surface area contributed by atoms with Gasteiger partial charge in [-0.2, -0.15) is 0 Å². The number of hydrogen-bond acceptors (Lipinski definition) is 3. The van der Waals surface area contributed by atoms with Gasteiger partial charge in [-0.25, -0.2) is 0 Å². The summed E-state index contributed by atoms with van der Waals surface area (Å²) < 4.78 is 5.40. The zero-order valence-corrected chi connectivity index (χ0v) is 11.1. The van der Waals surface area contributed by atoms with Crippen molar-refractivity contribution in [2.45, 2.75) is 32.7 Å². The SMILES string of the molecule is CCC(CC)C(CN=C(N)N)N1CCOCC1. The van der Waals surface area contributed by atoms with E-state index in [1.54, 1.807) is 0 Å². The smallest absolute Gasteiger partial charge is 0.185 e. The lowest BCUT2D eigenvalue weighted by molar-refractivity contribution is 0.00397. The summed E-state index contributed by atoms with van der Waals surface area (Å²) in [5.74, 6) is 0.838. The second-order valence-electron chi connectivity index (χ2n) is 4.56. The van der Waals surface area contributed by atoms with E-state index in [1.807, 2.05) is 0 Å². The molecule has 0 saturated carbocycles. The average Bonchev–Trinajstić information content (AvgIpc) is 2.35. The van der Waals surface area contributed by atoms with Crippen molar-refractivity contribution in [1.82, 2.24) is 4.90 Å². The number of morpholine rings is 1. The number of nitrogens with two attached hydrogens (primary N) is 2. The van der Waals surface area contributed by atoms with Gasteiger partial charge in [0.05, 0.1) is 19.8 Å². The van der Waals surface area contributed by atoms with Crippen molar-refractivity contribution in [2.75, 3.05) is 32.8 Å². The molecular formula is C12H26N4O. The molecule has 4 N–H and O–H groups in total. The number of rotatable bonds is 6. The monoisotopic (exact) mass is 242 g/mol. The highest BCUT2D eigenvalue weighted by Gasteiger charge is 2.26. The van der Waals surface area contributed by atoms with Crippen LogP contribution in [-0.2, 0) is 4.74 Å². The minimum Gasteiger partial charge on any atom is -0.379 e. The average molecular weight is 242 g/mol. The predicted molar refractivity (Wildman–Crippen MR) is 70.9 cm³/mol. The van der Waals surface area contributed by atoms with Crippen LogP contribution < -0.4 is 11.5 Å². The van der Waals surface area contributed by atoms with Gasteiger partial charge in [0.2, 0.25) is 0 Å². The fourth-order valence-electron chi connectivity index (χ4n) is 2.50. The largest absolute Gasteiger partial charge is 0.379 e. The summed E-state index contributed by atoms with van der Waals surface area (Å²) in [6.07, 6.45) is 2.33. The Bertz CT molecular complexity index is 231. The Balaban J connectivity index is 2.65. The molecule has 17 heavy (non-hydrogen) atoms. The van der Waals surface area contributed by atoms with Gasteiger partial charge < -0.3 is 16.2 Å². The molecule has 1 fully saturated rings. The summed E-state index contributed by atoms with van der Waals surface area (Å²) in [4.78, 5) is 6.67. The molecule has 1 atom stereocenters. The maximum atomic E-state index is 5.44. The number of ether oxygens (including phenoxy) is 1. The Hall–Kier alpha value is -0.810. The Morgan fingerprint density at radius 1 is 1.24 bits per heavy atom. The summed E-state index contributed by atoms with van der Waals surface area (Å²) in [6, 6.07) is 0.441. The first-order valence-electron chi connectivity index (χ1n) is 6.56. The minimum atomic E-state index is 0.189. The molecular weight excluding hydrogens is 216 g/mol. The normalized spacial score (nSPS) is 19.2. The van der Waals surface area contributed by atoms with Crippen molar-refractivity contribution < 1.29 is 4.74 Å². The van der Waals surface area contributed by atoms with Crippen LogP contribution in [0.3, 0.4) is 0 Å². The molecule has 0 bridgehead atoms. The highest BCUT2D eigenvalue weighted by molar-refractivity contribution is 5.75. The van der Waals surface area contributed by atoms with Crippen LogP contribution in [0, 0.1) is 5.92 Å². The molecule has 1 heterocycles. The molecule has 0 aromatic carbocycles. The molecule has 0 amide bonds. The molecule has 0 radical (unpaired) electrons. The van der Waals surface area contributed by atoms with Crippen molar-refractivity contribution >= 4 is 5.96 Å². The lowest BCUT2D eigenvalue weighted by Gasteiger charge is -2.37. The van der Waals surface area contributed by atoms with Gasteiger partial charge in [-0.15, -0.1) is 0 Å². The van der Waals surface area contributed by atoms with Gasteiger partial charge in [0.15, 0.2) is 5.96 Å². The van der Waals surface area contributed by atoms with Crippen LogP contribution in [-0.4, -0.2) is 49.7 Å². The molecule has 5 heteroatoms. The first-order chi connectivity index (χ1) is 8.19. The van der Waals surface area contributed by atoms with Crippen LogP contribution in [0.1, 0.15) is 26.7 Å². The van der Waals surface area contributed by atoms with Crippen LogP contribution in [0.4, 0.5) is 0 Å². The fourth-order valence-corrected chi connectivity index (χ4v) is 2.50. The summed E-state index contributed by atoms with van der Waals surface area (Å²) in [7, 11) is 0. The zero-order valence-electron chi connectivity index (χ0n) is 11.1. The van der Waals surface area contributed by atoms with Gasteiger partial charge in [-0.3, -0.25) is 9.89 Å². The van der Waals surface area contributed by atoms with E-state index in [-0.39, 0.29) is 5.96 Å². The zero-order chi connectivity index (χ0) is 12.7. The predicted octanol–water partition coefficient (Wildman–Crippen LogP) is 0.397. The number of guanidine groups is 1. The molecule has 0 aromatic heterocycles. The lowest BCUT2D eigenvalue weighted by atomic mass is 9.92. The highest BCUT2D eigenvalue weighted by atomic mass is 16.5. The molecule has 1 unspecified atom stereocenters. The molecule has 1 rings (SSSR count). The third kappa shape index (κ3) is 4.52. The van der Waals surface area contributed by atoms with Crippen molar-refractivity contribution in [3.05, 3.63) is 0 Å². The van der Waals surface area contributed by atoms with Crippen LogP contribution in [0.15, 0.2) is 4.99 Å². The van der Waals surface area contributed by atoms with Crippen LogP contribution >= 0.6 is 0 Å². The Labute approximate surface area is 104 Å². The van der Waals surface area contributed by atoms with Gasteiger partial charge in [0.25, 0.3) is 0 Å². The summed E-state index contributed by atoms with van der Waals surface area (Å²) >= 11 is 0. The topological polar surface area (TPSA) is 76.9 Å². The lowest BCUT2D eigenvalue weighted by Crippen LogP contribution is -2.48. The van der Waals surface area contributed by atoms with Crippen molar-refractivity contribution in [3.63, 3.8) is 0 Å². The van der Waals surface area contributed by atoms with E-state index in [0.29, 0.717) is 18.5 Å². The van der Waals surface area contributed by atoms with Gasteiger partial charge in [-0.05, 0) is 5.92 Å². The fraction of sp³-hybridized carbons (Fsp3) is 0.917. The maximum absolute atomic E-state index is 5.44. The molecule has 0 aromatic rings. The van der Waals surface area contributed by atoms with Crippen molar-refractivity contribution in [3.8, 4) is 0 Å². The third-order valence-corrected chi connectivity index (χ3v) is 3.57. The minimum absolute atomic E-state index is 0.189. The van der Waals surface area contributed by atoms with E-state index in [2.05, 4.69) is 23.7 Å². The molecule has 1 aliphatic heterocycles. The van der Waals surface area contributed by atoms with E-state index in [4.69, 9.17) is 16.2 Å². The van der Waals surface area contributed by atoms with E-state index in [1.165, 1.54) is 12.8 Å². The molecule has 1 aliphatic rings. The molecule has 1 saturated heterocycles. The Kier molecular flexibility index (Phi) is 6.29. The quantitative estimate of drug-likeness (QED) is 0.522. The van der Waals surface area contributed by atoms with Crippen LogP contribution in [0.2, 0.25) is 0 Å². The second kappa shape index (κ2) is 7.50. The van der Waals surface area contributed by atoms with Gasteiger partial charge >= 0.3 is 0 Å². The number of nitrogens with zero attached hydrogens (tertiary/aromatic N) is 2. The Morgan fingerprint density at radius 2 is 1.82 bits per heavy atom. The third-order valence-electron chi connectivity index (χ3n) is 3.57. The van der Waals surface area contributed by atoms with Gasteiger partial charge in [-0.1, -0.05) is 26.7 Å².